The molecule has 0 aromatic rings. The molecule has 4 heteroatoms. The summed E-state index contributed by atoms with van der Waals surface area (Å²) < 4.78 is 0. The summed E-state index contributed by atoms with van der Waals surface area (Å²) >= 11 is 0. The Labute approximate surface area is 99.8 Å². The number of nitrogens with zero attached hydrogens (tertiary/aromatic N) is 1. The van der Waals surface area contributed by atoms with Crippen LogP contribution in [0.1, 0.15) is 33.6 Å². The van der Waals surface area contributed by atoms with Crippen LogP contribution in [0.2, 0.25) is 0 Å². The van der Waals surface area contributed by atoms with Crippen LogP contribution in [0.25, 0.3) is 0 Å². The number of likely N-dealkylation sites (N-methyl/N-ethyl adjacent to an activating group) is 1. The summed E-state index contributed by atoms with van der Waals surface area (Å²) in [5.41, 5.74) is 0. The van der Waals surface area contributed by atoms with Crippen LogP contribution in [0.15, 0.2) is 0 Å². The zero-order valence-corrected chi connectivity index (χ0v) is 11.3. The van der Waals surface area contributed by atoms with E-state index in [9.17, 15) is 4.79 Å². The van der Waals surface area contributed by atoms with Crippen LogP contribution in [-0.2, 0) is 4.79 Å². The van der Waals surface area contributed by atoms with Gasteiger partial charge in [-0.05, 0) is 27.3 Å². The third-order valence-electron chi connectivity index (χ3n) is 3.07. The monoisotopic (exact) mass is 229 g/mol. The van der Waals surface area contributed by atoms with E-state index in [1.165, 1.54) is 6.42 Å². The smallest absolute Gasteiger partial charge is 0.221 e. The standard InChI is InChI=1S/C12H27N3O/c1-6-11(3)15(5)8-7-14-10(2)9-12(16)13-4/h10-11,14H,6-9H2,1-5H3,(H,13,16). The molecule has 0 saturated heterocycles. The van der Waals surface area contributed by atoms with E-state index in [0.29, 0.717) is 12.5 Å². The van der Waals surface area contributed by atoms with Gasteiger partial charge in [-0.25, -0.2) is 0 Å². The van der Waals surface area contributed by atoms with Crippen LogP contribution in [0, 0.1) is 0 Å². The number of hydrogen-bond acceptors (Lipinski definition) is 3. The van der Waals surface area contributed by atoms with Crippen molar-refractivity contribution in [1.82, 2.24) is 15.5 Å². The molecule has 0 aliphatic rings. The van der Waals surface area contributed by atoms with Crippen molar-refractivity contribution in [2.24, 2.45) is 0 Å². The molecule has 0 radical (unpaired) electrons. The maximum Gasteiger partial charge on any atom is 0.221 e. The van der Waals surface area contributed by atoms with Crippen LogP contribution >= 0.6 is 0 Å². The van der Waals surface area contributed by atoms with Crippen molar-refractivity contribution in [3.63, 3.8) is 0 Å². The zero-order chi connectivity index (χ0) is 12.6. The molecule has 0 saturated carbocycles. The second-order valence-corrected chi connectivity index (χ2v) is 4.47. The first-order valence-electron chi connectivity index (χ1n) is 6.15. The molecule has 0 heterocycles. The van der Waals surface area contributed by atoms with Gasteiger partial charge in [-0.2, -0.15) is 0 Å². The van der Waals surface area contributed by atoms with E-state index < -0.39 is 0 Å². The van der Waals surface area contributed by atoms with Crippen molar-refractivity contribution in [2.75, 3.05) is 27.2 Å². The Bertz CT molecular complexity index is 197. The molecule has 0 aromatic heterocycles. The third-order valence-corrected chi connectivity index (χ3v) is 3.07. The summed E-state index contributed by atoms with van der Waals surface area (Å²) in [6.07, 6.45) is 1.72. The van der Waals surface area contributed by atoms with Crippen LogP contribution in [0.4, 0.5) is 0 Å². The molecule has 0 rings (SSSR count). The normalized spacial score (nSPS) is 14.9. The Morgan fingerprint density at radius 3 is 2.50 bits per heavy atom. The molecular weight excluding hydrogens is 202 g/mol. The largest absolute Gasteiger partial charge is 0.359 e. The number of hydrogen-bond donors (Lipinski definition) is 2. The summed E-state index contributed by atoms with van der Waals surface area (Å²) in [5.74, 6) is 0.0929. The van der Waals surface area contributed by atoms with E-state index in [1.54, 1.807) is 7.05 Å². The summed E-state index contributed by atoms with van der Waals surface area (Å²) in [5, 5.41) is 5.99. The van der Waals surface area contributed by atoms with Gasteiger partial charge in [0.05, 0.1) is 0 Å². The Kier molecular flexibility index (Phi) is 8.21. The lowest BCUT2D eigenvalue weighted by atomic mass is 10.2. The van der Waals surface area contributed by atoms with Gasteiger partial charge in [-0.1, -0.05) is 6.92 Å². The minimum absolute atomic E-state index is 0.0929. The average molecular weight is 229 g/mol. The summed E-state index contributed by atoms with van der Waals surface area (Å²) in [4.78, 5) is 13.4. The predicted molar refractivity (Wildman–Crippen MR) is 68.5 cm³/mol. The quantitative estimate of drug-likeness (QED) is 0.648. The maximum absolute atomic E-state index is 11.1. The summed E-state index contributed by atoms with van der Waals surface area (Å²) in [6, 6.07) is 0.862. The first kappa shape index (κ1) is 15.4. The third kappa shape index (κ3) is 6.80. The van der Waals surface area contributed by atoms with E-state index in [2.05, 4.69) is 36.4 Å². The molecule has 0 aliphatic heterocycles. The second-order valence-electron chi connectivity index (χ2n) is 4.47. The van der Waals surface area contributed by atoms with E-state index in [-0.39, 0.29) is 11.9 Å². The Morgan fingerprint density at radius 2 is 2.00 bits per heavy atom. The highest BCUT2D eigenvalue weighted by atomic mass is 16.1. The lowest BCUT2D eigenvalue weighted by Crippen LogP contribution is -2.39. The molecule has 2 N–H and O–H groups in total. The van der Waals surface area contributed by atoms with Crippen molar-refractivity contribution in [2.45, 2.75) is 45.7 Å². The molecule has 96 valence electrons. The number of carbonyl (C=O) groups excluding carboxylic acids is 1. The molecular formula is C12H27N3O. The molecule has 0 fully saturated rings. The van der Waals surface area contributed by atoms with Crippen molar-refractivity contribution in [1.29, 1.82) is 0 Å². The molecule has 2 unspecified atom stereocenters. The van der Waals surface area contributed by atoms with Gasteiger partial charge in [0, 0.05) is 38.6 Å². The fourth-order valence-electron chi connectivity index (χ4n) is 1.47. The lowest BCUT2D eigenvalue weighted by Gasteiger charge is -2.24. The molecule has 0 spiro atoms. The molecule has 1 amide bonds. The van der Waals surface area contributed by atoms with Gasteiger partial charge in [-0.3, -0.25) is 4.79 Å². The van der Waals surface area contributed by atoms with Crippen LogP contribution in [0.5, 0.6) is 0 Å². The van der Waals surface area contributed by atoms with E-state index in [1.807, 2.05) is 6.92 Å². The first-order chi connectivity index (χ1) is 7.51. The van der Waals surface area contributed by atoms with E-state index in [4.69, 9.17) is 0 Å². The summed E-state index contributed by atoms with van der Waals surface area (Å²) in [6.45, 7) is 8.42. The number of nitrogens with one attached hydrogen (secondary N) is 2. The van der Waals surface area contributed by atoms with E-state index in [0.717, 1.165) is 13.1 Å². The van der Waals surface area contributed by atoms with Gasteiger partial charge < -0.3 is 15.5 Å². The van der Waals surface area contributed by atoms with Crippen molar-refractivity contribution in [3.8, 4) is 0 Å². The fourth-order valence-corrected chi connectivity index (χ4v) is 1.47. The molecule has 0 aromatic carbocycles. The highest BCUT2D eigenvalue weighted by molar-refractivity contribution is 5.76. The van der Waals surface area contributed by atoms with Gasteiger partial charge in [-0.15, -0.1) is 0 Å². The predicted octanol–water partition coefficient (Wildman–Crippen LogP) is 0.831. The zero-order valence-electron chi connectivity index (χ0n) is 11.3. The minimum Gasteiger partial charge on any atom is -0.359 e. The summed E-state index contributed by atoms with van der Waals surface area (Å²) in [7, 11) is 3.81. The number of carbonyl (C=O) groups is 1. The Morgan fingerprint density at radius 1 is 1.38 bits per heavy atom. The van der Waals surface area contributed by atoms with Gasteiger partial charge >= 0.3 is 0 Å². The Hall–Kier alpha value is -0.610. The lowest BCUT2D eigenvalue weighted by molar-refractivity contribution is -0.121. The fraction of sp³-hybridized carbons (Fsp3) is 0.917. The van der Waals surface area contributed by atoms with Crippen molar-refractivity contribution < 1.29 is 4.79 Å². The SMILES string of the molecule is CCC(C)N(C)CCNC(C)CC(=O)NC. The van der Waals surface area contributed by atoms with Crippen LogP contribution in [-0.4, -0.2) is 50.1 Å². The minimum atomic E-state index is 0.0929. The Balaban J connectivity index is 3.61. The highest BCUT2D eigenvalue weighted by Gasteiger charge is 2.09. The first-order valence-corrected chi connectivity index (χ1v) is 6.15. The van der Waals surface area contributed by atoms with Crippen LogP contribution < -0.4 is 10.6 Å². The van der Waals surface area contributed by atoms with Crippen LogP contribution in [0.3, 0.4) is 0 Å². The van der Waals surface area contributed by atoms with Gasteiger partial charge in [0.25, 0.3) is 0 Å². The molecule has 4 nitrogen and oxygen atoms in total. The molecule has 16 heavy (non-hydrogen) atoms. The average Bonchev–Trinajstić information content (AvgIpc) is 2.27. The maximum atomic E-state index is 11.1. The van der Waals surface area contributed by atoms with Crippen molar-refractivity contribution in [3.05, 3.63) is 0 Å². The van der Waals surface area contributed by atoms with Gasteiger partial charge in [0.1, 0.15) is 0 Å². The van der Waals surface area contributed by atoms with Gasteiger partial charge in [0.15, 0.2) is 0 Å². The number of rotatable bonds is 8. The molecule has 2 atom stereocenters. The highest BCUT2D eigenvalue weighted by Crippen LogP contribution is 1.98. The number of amides is 1. The molecule has 0 aliphatic carbocycles. The molecule has 0 bridgehead atoms. The van der Waals surface area contributed by atoms with Crippen molar-refractivity contribution >= 4 is 5.91 Å². The topological polar surface area (TPSA) is 44.4 Å². The van der Waals surface area contributed by atoms with Gasteiger partial charge in [0.2, 0.25) is 5.91 Å². The second kappa shape index (κ2) is 8.53. The van der Waals surface area contributed by atoms with E-state index >= 15 is 0 Å².